The highest BCUT2D eigenvalue weighted by molar-refractivity contribution is 6.05. The molecule has 3 aromatic rings. The molecule has 25 heavy (non-hydrogen) atoms. The second-order valence-corrected chi connectivity index (χ2v) is 5.87. The van der Waals surface area contributed by atoms with E-state index >= 15 is 0 Å². The molecule has 0 radical (unpaired) electrons. The van der Waals surface area contributed by atoms with Crippen molar-refractivity contribution in [1.82, 2.24) is 19.9 Å². The van der Waals surface area contributed by atoms with Crippen molar-refractivity contribution in [3.8, 4) is 0 Å². The number of halogens is 1. The third-order valence-corrected chi connectivity index (χ3v) is 3.82. The van der Waals surface area contributed by atoms with Crippen molar-refractivity contribution in [3.05, 3.63) is 59.5 Å². The quantitative estimate of drug-likeness (QED) is 0.761. The first-order valence-electron chi connectivity index (χ1n) is 7.83. The van der Waals surface area contributed by atoms with Gasteiger partial charge in [0.25, 0.3) is 11.8 Å². The summed E-state index contributed by atoms with van der Waals surface area (Å²) in [6, 6.07) is 9.37. The summed E-state index contributed by atoms with van der Waals surface area (Å²) in [5, 5.41) is 9.42. The van der Waals surface area contributed by atoms with E-state index in [1.807, 2.05) is 0 Å². The zero-order valence-corrected chi connectivity index (χ0v) is 13.1. The van der Waals surface area contributed by atoms with Crippen molar-refractivity contribution in [2.24, 2.45) is 0 Å². The average molecular weight is 339 g/mol. The zero-order chi connectivity index (χ0) is 17.4. The van der Waals surface area contributed by atoms with Gasteiger partial charge in [-0.25, -0.2) is 8.91 Å². The number of hydrogen-bond acceptors (Lipinski definition) is 4. The van der Waals surface area contributed by atoms with Gasteiger partial charge in [0.2, 0.25) is 5.95 Å². The van der Waals surface area contributed by atoms with Crippen LogP contribution in [0, 0.1) is 5.82 Å². The number of rotatable bonds is 4. The largest absolute Gasteiger partial charge is 0.349 e. The Bertz CT molecular complexity index is 980. The van der Waals surface area contributed by atoms with Crippen LogP contribution in [0.2, 0.25) is 0 Å². The van der Waals surface area contributed by atoms with Crippen LogP contribution in [-0.4, -0.2) is 32.5 Å². The highest BCUT2D eigenvalue weighted by Crippen LogP contribution is 2.19. The topological polar surface area (TPSA) is 88.4 Å². The van der Waals surface area contributed by atoms with E-state index in [4.69, 9.17) is 0 Å². The summed E-state index contributed by atoms with van der Waals surface area (Å²) in [6.07, 6.45) is 3.15. The normalized spacial score (nSPS) is 13.6. The zero-order valence-electron chi connectivity index (χ0n) is 13.1. The molecule has 8 heteroatoms. The molecule has 2 N–H and O–H groups in total. The first kappa shape index (κ1) is 15.3. The summed E-state index contributed by atoms with van der Waals surface area (Å²) >= 11 is 0. The molecule has 0 unspecified atom stereocenters. The van der Waals surface area contributed by atoms with Crippen LogP contribution in [0.3, 0.4) is 0 Å². The lowest BCUT2D eigenvalue weighted by Gasteiger charge is -2.05. The number of benzene rings is 1. The molecule has 0 saturated heterocycles. The number of carbonyl (C=O) groups is 2. The Labute approximate surface area is 141 Å². The maximum absolute atomic E-state index is 13.2. The molecule has 1 fully saturated rings. The fraction of sp³-hybridized carbons (Fsp3) is 0.176. The Kier molecular flexibility index (Phi) is 3.64. The minimum absolute atomic E-state index is 0.0587. The van der Waals surface area contributed by atoms with Gasteiger partial charge in [-0.2, -0.15) is 4.98 Å². The van der Waals surface area contributed by atoms with Crippen LogP contribution in [0.1, 0.15) is 33.6 Å². The highest BCUT2D eigenvalue weighted by Gasteiger charge is 2.24. The van der Waals surface area contributed by atoms with Crippen LogP contribution in [0.15, 0.2) is 42.6 Å². The maximum atomic E-state index is 13.2. The molecule has 126 valence electrons. The van der Waals surface area contributed by atoms with Gasteiger partial charge in [-0.05, 0) is 43.2 Å². The monoisotopic (exact) mass is 339 g/mol. The lowest BCUT2D eigenvalue weighted by Crippen LogP contribution is -2.25. The van der Waals surface area contributed by atoms with Crippen LogP contribution in [0.25, 0.3) is 5.65 Å². The first-order valence-corrected chi connectivity index (χ1v) is 7.83. The van der Waals surface area contributed by atoms with Crippen LogP contribution < -0.4 is 10.6 Å². The van der Waals surface area contributed by atoms with Crippen molar-refractivity contribution in [2.45, 2.75) is 18.9 Å². The fourth-order valence-corrected chi connectivity index (χ4v) is 2.38. The van der Waals surface area contributed by atoms with E-state index in [1.54, 1.807) is 18.2 Å². The van der Waals surface area contributed by atoms with Gasteiger partial charge in [-0.15, -0.1) is 5.10 Å². The minimum Gasteiger partial charge on any atom is -0.349 e. The van der Waals surface area contributed by atoms with Crippen LogP contribution >= 0.6 is 0 Å². The number of fused-ring (bicyclic) bond motifs is 1. The Hall–Kier alpha value is -3.29. The van der Waals surface area contributed by atoms with E-state index in [0.717, 1.165) is 12.8 Å². The van der Waals surface area contributed by atoms with Gasteiger partial charge in [0.15, 0.2) is 5.65 Å². The Morgan fingerprint density at radius 1 is 1.12 bits per heavy atom. The standard InChI is InChI=1S/C17H14FN5O2/c18-12-4-7-14-20-17(22-23(14)9-12)21-16(25)11-3-1-2-10(8-11)15(24)19-13-5-6-13/h1-4,7-9,13H,5-6H2,(H,19,24)(H,21,22,25). The summed E-state index contributed by atoms with van der Waals surface area (Å²) in [5.74, 6) is -1.04. The molecule has 1 aliphatic rings. The van der Waals surface area contributed by atoms with Crippen molar-refractivity contribution >= 4 is 23.4 Å². The van der Waals surface area contributed by atoms with Crippen molar-refractivity contribution in [3.63, 3.8) is 0 Å². The smallest absolute Gasteiger partial charge is 0.258 e. The van der Waals surface area contributed by atoms with Gasteiger partial charge in [0.05, 0.1) is 6.20 Å². The van der Waals surface area contributed by atoms with Crippen LogP contribution in [0.5, 0.6) is 0 Å². The lowest BCUT2D eigenvalue weighted by molar-refractivity contribution is 0.0951. The van der Waals surface area contributed by atoms with E-state index in [2.05, 4.69) is 20.7 Å². The van der Waals surface area contributed by atoms with E-state index in [-0.39, 0.29) is 17.9 Å². The Morgan fingerprint density at radius 3 is 2.64 bits per heavy atom. The molecular formula is C17H14FN5O2. The summed E-state index contributed by atoms with van der Waals surface area (Å²) in [4.78, 5) is 28.5. The number of anilines is 1. The third kappa shape index (κ3) is 3.32. The van der Waals surface area contributed by atoms with Crippen molar-refractivity contribution in [2.75, 3.05) is 5.32 Å². The van der Waals surface area contributed by atoms with E-state index in [0.29, 0.717) is 16.8 Å². The average Bonchev–Trinajstić information content (AvgIpc) is 3.32. The molecule has 2 heterocycles. The van der Waals surface area contributed by atoms with Gasteiger partial charge in [0, 0.05) is 17.2 Å². The summed E-state index contributed by atoms with van der Waals surface area (Å²) in [7, 11) is 0. The molecule has 1 aliphatic carbocycles. The molecule has 2 amide bonds. The molecule has 1 saturated carbocycles. The number of nitrogens with one attached hydrogen (secondary N) is 2. The minimum atomic E-state index is -0.454. The van der Waals surface area contributed by atoms with Crippen molar-refractivity contribution < 1.29 is 14.0 Å². The summed E-state index contributed by atoms with van der Waals surface area (Å²) in [5.41, 5.74) is 1.15. The number of pyridine rings is 1. The van der Waals surface area contributed by atoms with Crippen molar-refractivity contribution in [1.29, 1.82) is 0 Å². The second-order valence-electron chi connectivity index (χ2n) is 5.87. The summed E-state index contributed by atoms with van der Waals surface area (Å²) < 4.78 is 14.4. The van der Waals surface area contributed by atoms with Crippen LogP contribution in [-0.2, 0) is 0 Å². The van der Waals surface area contributed by atoms with E-state index in [9.17, 15) is 14.0 Å². The maximum Gasteiger partial charge on any atom is 0.258 e. The SMILES string of the molecule is O=C(Nc1nc2ccc(F)cn2n1)c1cccc(C(=O)NC2CC2)c1. The van der Waals surface area contributed by atoms with E-state index in [1.165, 1.54) is 28.9 Å². The number of hydrogen-bond donors (Lipinski definition) is 2. The van der Waals surface area contributed by atoms with Gasteiger partial charge in [0.1, 0.15) is 5.82 Å². The summed E-state index contributed by atoms with van der Waals surface area (Å²) in [6.45, 7) is 0. The van der Waals surface area contributed by atoms with Gasteiger partial charge >= 0.3 is 0 Å². The van der Waals surface area contributed by atoms with Gasteiger partial charge in [-0.1, -0.05) is 6.07 Å². The molecule has 0 atom stereocenters. The molecule has 2 aromatic heterocycles. The molecule has 7 nitrogen and oxygen atoms in total. The molecule has 1 aromatic carbocycles. The first-order chi connectivity index (χ1) is 12.1. The number of aromatic nitrogens is 3. The van der Waals surface area contributed by atoms with Gasteiger partial charge < -0.3 is 5.32 Å². The van der Waals surface area contributed by atoms with Gasteiger partial charge in [-0.3, -0.25) is 14.9 Å². The molecule has 0 bridgehead atoms. The third-order valence-electron chi connectivity index (χ3n) is 3.82. The molecule has 0 aliphatic heterocycles. The molecular weight excluding hydrogens is 325 g/mol. The molecule has 4 rings (SSSR count). The highest BCUT2D eigenvalue weighted by atomic mass is 19.1. The number of carbonyl (C=O) groups excluding carboxylic acids is 2. The fourth-order valence-electron chi connectivity index (χ4n) is 2.38. The van der Waals surface area contributed by atoms with Crippen LogP contribution in [0.4, 0.5) is 10.3 Å². The number of amides is 2. The second kappa shape index (κ2) is 5.97. The van der Waals surface area contributed by atoms with E-state index < -0.39 is 11.7 Å². The lowest BCUT2D eigenvalue weighted by atomic mass is 10.1. The Balaban J connectivity index is 1.52. The molecule has 0 spiro atoms. The number of nitrogens with zero attached hydrogens (tertiary/aromatic N) is 3. The Morgan fingerprint density at radius 2 is 1.88 bits per heavy atom. The predicted octanol–water partition coefficient (Wildman–Crippen LogP) is 2.01. The predicted molar refractivity (Wildman–Crippen MR) is 87.8 cm³/mol.